The van der Waals surface area contributed by atoms with Crippen molar-refractivity contribution in [2.24, 2.45) is 0 Å². The van der Waals surface area contributed by atoms with E-state index in [0.717, 1.165) is 13.0 Å². The molecule has 1 heterocycles. The zero-order valence-electron chi connectivity index (χ0n) is 9.43. The minimum atomic E-state index is -1.06. The minimum Gasteiger partial charge on any atom is -0.476 e. The lowest BCUT2D eigenvalue weighted by molar-refractivity contribution is 0.0690. The molecular weight excluding hydrogens is 210 g/mol. The SMILES string of the molecule is CCCCCOCCn1cc(C(=O)O)nn1. The smallest absolute Gasteiger partial charge is 0.358 e. The summed E-state index contributed by atoms with van der Waals surface area (Å²) in [5, 5.41) is 15.8. The van der Waals surface area contributed by atoms with E-state index in [9.17, 15) is 4.79 Å². The summed E-state index contributed by atoms with van der Waals surface area (Å²) in [4.78, 5) is 10.5. The van der Waals surface area contributed by atoms with E-state index in [1.807, 2.05) is 0 Å². The van der Waals surface area contributed by atoms with Gasteiger partial charge in [0.1, 0.15) is 0 Å². The van der Waals surface area contributed by atoms with Crippen molar-refractivity contribution in [3.63, 3.8) is 0 Å². The number of carbonyl (C=O) groups is 1. The van der Waals surface area contributed by atoms with Crippen LogP contribution in [0.3, 0.4) is 0 Å². The Morgan fingerprint density at radius 1 is 1.50 bits per heavy atom. The van der Waals surface area contributed by atoms with E-state index < -0.39 is 5.97 Å². The summed E-state index contributed by atoms with van der Waals surface area (Å²) in [6.07, 6.45) is 4.81. The Morgan fingerprint density at radius 2 is 2.31 bits per heavy atom. The van der Waals surface area contributed by atoms with Gasteiger partial charge in [-0.25, -0.2) is 9.48 Å². The molecule has 0 amide bonds. The standard InChI is InChI=1S/C10H17N3O3/c1-2-3-4-6-16-7-5-13-8-9(10(14)15)11-12-13/h8H,2-7H2,1H3,(H,14,15). The molecule has 0 aliphatic carbocycles. The van der Waals surface area contributed by atoms with Crippen molar-refractivity contribution in [3.8, 4) is 0 Å². The van der Waals surface area contributed by atoms with Crippen molar-refractivity contribution < 1.29 is 14.6 Å². The fourth-order valence-electron chi connectivity index (χ4n) is 1.22. The van der Waals surface area contributed by atoms with Gasteiger partial charge in [-0.05, 0) is 6.42 Å². The molecule has 1 aromatic rings. The van der Waals surface area contributed by atoms with Crippen LogP contribution in [0.4, 0.5) is 0 Å². The van der Waals surface area contributed by atoms with Crippen molar-refractivity contribution in [3.05, 3.63) is 11.9 Å². The Balaban J connectivity index is 2.14. The van der Waals surface area contributed by atoms with E-state index in [2.05, 4.69) is 17.2 Å². The number of nitrogens with zero attached hydrogens (tertiary/aromatic N) is 3. The molecule has 90 valence electrons. The lowest BCUT2D eigenvalue weighted by Crippen LogP contribution is -2.07. The fourth-order valence-corrected chi connectivity index (χ4v) is 1.22. The van der Waals surface area contributed by atoms with Gasteiger partial charge in [-0.2, -0.15) is 0 Å². The monoisotopic (exact) mass is 227 g/mol. The molecule has 0 fully saturated rings. The summed E-state index contributed by atoms with van der Waals surface area (Å²) in [6.45, 7) is 3.95. The lowest BCUT2D eigenvalue weighted by Gasteiger charge is -2.02. The molecule has 6 heteroatoms. The summed E-state index contributed by atoms with van der Waals surface area (Å²) in [6, 6.07) is 0. The molecule has 16 heavy (non-hydrogen) atoms. The maximum Gasteiger partial charge on any atom is 0.358 e. The minimum absolute atomic E-state index is 0.0361. The van der Waals surface area contributed by atoms with Gasteiger partial charge in [-0.15, -0.1) is 5.10 Å². The number of hydrogen-bond donors (Lipinski definition) is 1. The first-order valence-electron chi connectivity index (χ1n) is 5.45. The van der Waals surface area contributed by atoms with Crippen molar-refractivity contribution in [2.45, 2.75) is 32.7 Å². The largest absolute Gasteiger partial charge is 0.476 e. The van der Waals surface area contributed by atoms with Crippen LogP contribution < -0.4 is 0 Å². The molecule has 0 aromatic carbocycles. The molecule has 1 N–H and O–H groups in total. The highest BCUT2D eigenvalue weighted by molar-refractivity contribution is 5.84. The van der Waals surface area contributed by atoms with Crippen LogP contribution in [0.1, 0.15) is 36.7 Å². The molecule has 6 nitrogen and oxygen atoms in total. The third-order valence-corrected chi connectivity index (χ3v) is 2.11. The molecule has 0 radical (unpaired) electrons. The van der Waals surface area contributed by atoms with Crippen molar-refractivity contribution in [1.82, 2.24) is 15.0 Å². The lowest BCUT2D eigenvalue weighted by atomic mass is 10.3. The summed E-state index contributed by atoms with van der Waals surface area (Å²) < 4.78 is 6.85. The van der Waals surface area contributed by atoms with E-state index in [1.165, 1.54) is 23.7 Å². The van der Waals surface area contributed by atoms with Gasteiger partial charge in [0.25, 0.3) is 0 Å². The summed E-state index contributed by atoms with van der Waals surface area (Å²) >= 11 is 0. The number of aromatic nitrogens is 3. The van der Waals surface area contributed by atoms with Crippen molar-refractivity contribution in [2.75, 3.05) is 13.2 Å². The van der Waals surface area contributed by atoms with Gasteiger partial charge in [0.05, 0.1) is 19.3 Å². The van der Waals surface area contributed by atoms with Crippen LogP contribution in [0.2, 0.25) is 0 Å². The van der Waals surface area contributed by atoms with Crippen molar-refractivity contribution in [1.29, 1.82) is 0 Å². The summed E-state index contributed by atoms with van der Waals surface area (Å²) in [7, 11) is 0. The van der Waals surface area contributed by atoms with Gasteiger partial charge in [0.2, 0.25) is 0 Å². The number of unbranched alkanes of at least 4 members (excludes halogenated alkanes) is 2. The summed E-state index contributed by atoms with van der Waals surface area (Å²) in [5.41, 5.74) is -0.0361. The van der Waals surface area contributed by atoms with Crippen LogP contribution in [-0.2, 0) is 11.3 Å². The van der Waals surface area contributed by atoms with Crippen LogP contribution in [0.5, 0.6) is 0 Å². The zero-order valence-corrected chi connectivity index (χ0v) is 9.43. The molecule has 0 aliphatic rings. The first kappa shape index (κ1) is 12.6. The first-order valence-corrected chi connectivity index (χ1v) is 5.45. The van der Waals surface area contributed by atoms with Crippen LogP contribution in [0, 0.1) is 0 Å². The van der Waals surface area contributed by atoms with Gasteiger partial charge < -0.3 is 9.84 Å². The van der Waals surface area contributed by atoms with E-state index >= 15 is 0 Å². The van der Waals surface area contributed by atoms with Crippen LogP contribution in [0.15, 0.2) is 6.20 Å². The Labute approximate surface area is 94.2 Å². The molecule has 0 unspecified atom stereocenters. The Bertz CT molecular complexity index is 325. The molecule has 0 spiro atoms. The Kier molecular flexibility index (Phi) is 5.49. The van der Waals surface area contributed by atoms with Crippen molar-refractivity contribution >= 4 is 5.97 Å². The Hall–Kier alpha value is -1.43. The van der Waals surface area contributed by atoms with Gasteiger partial charge in [-0.1, -0.05) is 25.0 Å². The number of rotatable bonds is 8. The molecule has 0 aliphatic heterocycles. The fraction of sp³-hybridized carbons (Fsp3) is 0.700. The predicted molar refractivity (Wildman–Crippen MR) is 57.3 cm³/mol. The van der Waals surface area contributed by atoms with Crippen LogP contribution in [0.25, 0.3) is 0 Å². The molecule has 0 saturated heterocycles. The maximum atomic E-state index is 10.5. The molecule has 1 rings (SSSR count). The highest BCUT2D eigenvalue weighted by Crippen LogP contribution is 1.95. The maximum absolute atomic E-state index is 10.5. The third-order valence-electron chi connectivity index (χ3n) is 2.11. The molecule has 0 saturated carbocycles. The van der Waals surface area contributed by atoms with E-state index in [0.29, 0.717) is 13.2 Å². The number of aromatic carboxylic acids is 1. The zero-order chi connectivity index (χ0) is 11.8. The number of carboxylic acids is 1. The molecular formula is C10H17N3O3. The van der Waals surface area contributed by atoms with Gasteiger partial charge in [0, 0.05) is 6.61 Å². The first-order chi connectivity index (χ1) is 7.74. The number of hydrogen-bond acceptors (Lipinski definition) is 4. The number of carboxylic acid groups (broad SMARTS) is 1. The topological polar surface area (TPSA) is 77.2 Å². The van der Waals surface area contributed by atoms with Gasteiger partial charge >= 0.3 is 5.97 Å². The average molecular weight is 227 g/mol. The highest BCUT2D eigenvalue weighted by atomic mass is 16.5. The second kappa shape index (κ2) is 6.95. The van der Waals surface area contributed by atoms with E-state index in [-0.39, 0.29) is 5.69 Å². The predicted octanol–water partition coefficient (Wildman–Crippen LogP) is 1.18. The van der Waals surface area contributed by atoms with Gasteiger partial charge in [0.15, 0.2) is 5.69 Å². The number of ether oxygens (including phenoxy) is 1. The molecule has 0 bridgehead atoms. The average Bonchev–Trinajstić information content (AvgIpc) is 2.72. The molecule has 0 atom stereocenters. The Morgan fingerprint density at radius 3 is 2.94 bits per heavy atom. The normalized spacial score (nSPS) is 10.6. The van der Waals surface area contributed by atoms with E-state index in [4.69, 9.17) is 9.84 Å². The summed E-state index contributed by atoms with van der Waals surface area (Å²) in [5.74, 6) is -1.06. The van der Waals surface area contributed by atoms with Crippen LogP contribution in [-0.4, -0.2) is 39.3 Å². The van der Waals surface area contributed by atoms with Crippen LogP contribution >= 0.6 is 0 Å². The quantitative estimate of drug-likeness (QED) is 0.675. The molecule has 1 aromatic heterocycles. The second-order valence-corrected chi connectivity index (χ2v) is 3.49. The highest BCUT2D eigenvalue weighted by Gasteiger charge is 2.07. The second-order valence-electron chi connectivity index (χ2n) is 3.49. The van der Waals surface area contributed by atoms with E-state index in [1.54, 1.807) is 0 Å². The third kappa shape index (κ3) is 4.39. The van der Waals surface area contributed by atoms with Gasteiger partial charge in [-0.3, -0.25) is 0 Å².